The van der Waals surface area contributed by atoms with E-state index in [1.54, 1.807) is 138 Å². The van der Waals surface area contributed by atoms with Crippen molar-refractivity contribution in [3.63, 3.8) is 0 Å². The summed E-state index contributed by atoms with van der Waals surface area (Å²) < 4.78 is 5.41. The highest BCUT2D eigenvalue weighted by molar-refractivity contribution is 9.66. The summed E-state index contributed by atoms with van der Waals surface area (Å²) in [5.74, 6) is 0. The van der Waals surface area contributed by atoms with E-state index in [-0.39, 0.29) is 0 Å². The zero-order chi connectivity index (χ0) is 57.5. The molecule has 1 nitrogen and oxygen atoms in total. The number of hydrogen-bond donors (Lipinski definition) is 1. The van der Waals surface area contributed by atoms with Gasteiger partial charge in [-0.25, -0.2) is 0 Å². The third-order valence-electron chi connectivity index (χ3n) is 2.35. The lowest BCUT2D eigenvalue weighted by Gasteiger charge is -2.06. The summed E-state index contributed by atoms with van der Waals surface area (Å²) in [6, 6.07) is 0. The summed E-state index contributed by atoms with van der Waals surface area (Å²) in [6.45, 7) is 0.690. The Balaban J connectivity index is 3.10. The standard InChI is InChI=1S/C2H6OS77/c1-2-3-80(5,6)79-78-77-76-75-74-73-72-71-70-69-68-67-66-65-64-63-62-61-60-59-58-57-56-55-54-53-52-51-50-49-48-47-46-45-44-43-42-41-40-39-38-37-36-35-34-33-32-31-30-29-28-27-26-25-24-23-22-21-20-19-18-17-16-15-14-13-12-11-10-9-8-7-4/h4H,2H2,1H3. The molecule has 0 amide bonds. The molecule has 78 heteroatoms. The highest BCUT2D eigenvalue weighted by atomic mass is 34.1. The second kappa shape index (κ2) is 99.8. The van der Waals surface area contributed by atoms with Gasteiger partial charge >= 0.3 is 0 Å². The van der Waals surface area contributed by atoms with Gasteiger partial charge in [0.2, 0.25) is 0 Å². The summed E-state index contributed by atoms with van der Waals surface area (Å²) in [7, 11) is 132. The van der Waals surface area contributed by atoms with Gasteiger partial charge in [-0.3, -0.25) is 0 Å². The lowest BCUT2D eigenvalue weighted by molar-refractivity contribution is 0.402. The largest absolute Gasteiger partial charge is 0.302 e. The van der Waals surface area contributed by atoms with Crippen molar-refractivity contribution in [2.75, 3.05) is 6.61 Å². The van der Waals surface area contributed by atoms with Crippen LogP contribution in [0.15, 0.2) is 0 Å². The van der Waals surface area contributed by atoms with Gasteiger partial charge in [-0.2, -0.15) is 0 Å². The molecule has 0 aromatic rings. The zero-order valence-corrected chi connectivity index (χ0v) is 96.5. The molecule has 0 saturated heterocycles. The van der Waals surface area contributed by atoms with Crippen LogP contribution in [0.25, 0.3) is 0 Å². The van der Waals surface area contributed by atoms with E-state index in [0.29, 0.717) is 6.61 Å². The topological polar surface area (TPSA) is 9.23 Å². The molecule has 0 heterocycles. The molecule has 0 unspecified atom stereocenters. The molecule has 0 saturated carbocycles. The molecule has 0 rings (SSSR count). The van der Waals surface area contributed by atoms with Gasteiger partial charge < -0.3 is 4.18 Å². The molecule has 0 aliphatic rings. The van der Waals surface area contributed by atoms with E-state index in [9.17, 15) is 0 Å². The molecule has 0 bridgehead atoms. The summed E-state index contributed by atoms with van der Waals surface area (Å²) in [5, 5.41) is 0. The highest BCUT2D eigenvalue weighted by Crippen LogP contribution is 2.71. The molecular weight excluding hydrogens is 2510 g/mol. The molecule has 0 fully saturated rings. The van der Waals surface area contributed by atoms with Crippen LogP contribution in [0.4, 0.5) is 0 Å². The summed E-state index contributed by atoms with van der Waals surface area (Å²) >= 11 is 14.6. The minimum absolute atomic E-state index is 0.578. The molecule has 0 aromatic carbocycles. The maximum atomic E-state index is 5.41. The Morgan fingerprint density at radius 1 is 0.200 bits per heavy atom. The molecule has 0 aliphatic heterocycles. The smallest absolute Gasteiger partial charge is 0.0820 e. The Morgan fingerprint density at radius 3 is 0.400 bits per heavy atom. The summed E-state index contributed by atoms with van der Waals surface area (Å²) in [6.07, 6.45) is 0. The van der Waals surface area contributed by atoms with Gasteiger partial charge in [-0.05, 0) is 108 Å². The minimum atomic E-state index is -1.82. The van der Waals surface area contributed by atoms with E-state index in [1.165, 1.54) is 19.7 Å². The maximum absolute atomic E-state index is 5.41. The predicted octanol–water partition coefficient (Wildman–Crippen LogP) is 48.2. The van der Waals surface area contributed by atoms with Gasteiger partial charge in [0.25, 0.3) is 0 Å². The third-order valence-corrected chi connectivity index (χ3v) is 169. The van der Waals surface area contributed by atoms with Crippen LogP contribution in [0.1, 0.15) is 6.92 Å². The quantitative estimate of drug-likeness (QED) is 0.0352. The van der Waals surface area contributed by atoms with E-state index < -0.39 is 6.46 Å². The first-order valence-corrected chi connectivity index (χ1v) is 116. The molecule has 482 valence electrons. The Labute approximate surface area is 753 Å². The van der Waals surface area contributed by atoms with Crippen LogP contribution in [0.5, 0.6) is 0 Å². The van der Waals surface area contributed by atoms with Crippen molar-refractivity contribution >= 4 is 758 Å². The van der Waals surface area contributed by atoms with Crippen LogP contribution in [-0.4, -0.2) is 6.61 Å². The Bertz CT molecular complexity index is 1160. The monoisotopic (exact) mass is 2510 g/mol. The molecule has 80 heavy (non-hydrogen) atoms. The van der Waals surface area contributed by atoms with Gasteiger partial charge in [0.05, 0.1) is 13.1 Å². The number of hydrogen-bond acceptors (Lipinski definition) is 77. The second-order valence-electron chi connectivity index (χ2n) is 5.79. The maximum Gasteiger partial charge on any atom is 0.0820 e. The summed E-state index contributed by atoms with van der Waals surface area (Å²) in [4.78, 5) is 0. The second-order valence-corrected chi connectivity index (χ2v) is 142. The van der Waals surface area contributed by atoms with Crippen molar-refractivity contribution in [3.8, 4) is 0 Å². The van der Waals surface area contributed by atoms with Crippen LogP contribution in [0.3, 0.4) is 0 Å². The number of thiol groups is 1. The van der Waals surface area contributed by atoms with E-state index in [2.05, 4.69) is 11.7 Å². The van der Waals surface area contributed by atoms with Crippen molar-refractivity contribution in [3.05, 3.63) is 0 Å². The van der Waals surface area contributed by atoms with Gasteiger partial charge in [0.1, 0.15) is 0 Å². The van der Waals surface area contributed by atoms with Crippen LogP contribution >= 0.6 is 729 Å². The van der Waals surface area contributed by atoms with Crippen LogP contribution in [0.2, 0.25) is 0 Å². The average Bonchev–Trinajstić information content (AvgIpc) is 3.45. The van der Waals surface area contributed by atoms with Crippen molar-refractivity contribution in [2.24, 2.45) is 0 Å². The van der Waals surface area contributed by atoms with Crippen molar-refractivity contribution < 1.29 is 4.18 Å². The fourth-order valence-electron chi connectivity index (χ4n) is 1.00. The minimum Gasteiger partial charge on any atom is -0.302 e. The Hall–Kier alpha value is 26.7. The normalized spacial score (nSPS) is 12.0. The molecule has 0 radical (unpaired) electrons. The van der Waals surface area contributed by atoms with E-state index in [1.807, 2.05) is 567 Å². The van der Waals surface area contributed by atoms with Gasteiger partial charge in [0.15, 0.2) is 0 Å². The first-order valence-electron chi connectivity index (χ1n) is 13.8. The molecule has 0 spiro atoms. The SMILES string of the molecule is CCOS(=S)(=S)SSSSSSSSSSSSSSSSSSSSSSSSSSSSSSSSSSSSSSSSSSSSSSSSSSSSSSSSSSSSSSSSSSSSSSSSSS. The van der Waals surface area contributed by atoms with Gasteiger partial charge in [0, 0.05) is 639 Å². The Morgan fingerprint density at radius 2 is 0.300 bits per heavy atom. The van der Waals surface area contributed by atoms with Crippen LogP contribution < -0.4 is 0 Å². The van der Waals surface area contributed by atoms with Gasteiger partial charge in [-0.1, -0.05) is 11.7 Å². The van der Waals surface area contributed by atoms with E-state index >= 15 is 0 Å². The first-order chi connectivity index (χ1) is 39.6. The Kier molecular flexibility index (Phi) is 133. The highest BCUT2D eigenvalue weighted by Gasteiger charge is 2.08. The van der Waals surface area contributed by atoms with E-state index in [4.69, 9.17) is 26.6 Å². The molecule has 0 aromatic heterocycles. The fourth-order valence-corrected chi connectivity index (χ4v) is 204. The number of rotatable bonds is 75. The van der Waals surface area contributed by atoms with Crippen molar-refractivity contribution in [1.82, 2.24) is 0 Å². The van der Waals surface area contributed by atoms with Crippen LogP contribution in [-0.2, 0) is 33.0 Å². The van der Waals surface area contributed by atoms with Crippen molar-refractivity contribution in [1.29, 1.82) is 0 Å². The molecular formula is C2H6OS77. The average molecular weight is 2520 g/mol. The lowest BCUT2D eigenvalue weighted by Crippen LogP contribution is -1.93. The third kappa shape index (κ3) is 101. The molecule has 0 aliphatic carbocycles. The van der Waals surface area contributed by atoms with Crippen LogP contribution in [0, 0.1) is 0 Å². The zero-order valence-electron chi connectivity index (χ0n) is 33.6. The first kappa shape index (κ1) is 107. The van der Waals surface area contributed by atoms with Gasteiger partial charge in [-0.15, -0.1) is 0 Å². The molecule has 0 N–H and O–H groups in total. The lowest BCUT2D eigenvalue weighted by atomic mass is 10.9. The molecule has 0 atom stereocenters. The van der Waals surface area contributed by atoms with Crippen molar-refractivity contribution in [2.45, 2.75) is 6.92 Å². The fraction of sp³-hybridized carbons (Fsp3) is 1.00. The predicted molar refractivity (Wildman–Crippen MR) is 597 cm³/mol. The summed E-state index contributed by atoms with van der Waals surface area (Å²) in [5.41, 5.74) is 0. The van der Waals surface area contributed by atoms with E-state index in [0.717, 1.165) is 0 Å².